The molecule has 0 unspecified atom stereocenters. The summed E-state index contributed by atoms with van der Waals surface area (Å²) < 4.78 is 0.557. The Balaban J connectivity index is 2.50. The molecule has 0 aliphatic rings. The highest BCUT2D eigenvalue weighted by Crippen LogP contribution is 2.25. The van der Waals surface area contributed by atoms with Gasteiger partial charge < -0.3 is 5.11 Å². The van der Waals surface area contributed by atoms with Gasteiger partial charge in [0.1, 0.15) is 5.82 Å². The lowest BCUT2D eigenvalue weighted by Gasteiger charge is -2.07. The number of halogens is 1. The topological polar surface area (TPSA) is 63.1 Å². The fourth-order valence-electron chi connectivity index (χ4n) is 1.66. The van der Waals surface area contributed by atoms with Gasteiger partial charge in [0.15, 0.2) is 0 Å². The average Bonchev–Trinajstić information content (AvgIpc) is 2.39. The Hall–Kier alpha value is -1.75. The number of carbonyl (C=O) groups is 1. The number of benzene rings is 1. The minimum Gasteiger partial charge on any atom is -0.478 e. The first-order valence-electron chi connectivity index (χ1n) is 5.85. The van der Waals surface area contributed by atoms with Crippen LogP contribution in [0.4, 0.5) is 0 Å². The molecule has 0 atom stereocenters. The fraction of sp³-hybridized carbons (Fsp3) is 0.214. The van der Waals surface area contributed by atoms with E-state index in [0.717, 1.165) is 17.1 Å². The highest BCUT2D eigenvalue weighted by molar-refractivity contribution is 9.10. The zero-order valence-electron chi connectivity index (χ0n) is 10.6. The first-order chi connectivity index (χ1) is 8.99. The van der Waals surface area contributed by atoms with Crippen molar-refractivity contribution in [2.45, 2.75) is 19.8 Å². The maximum atomic E-state index is 11.1. The van der Waals surface area contributed by atoms with Crippen LogP contribution in [-0.4, -0.2) is 21.0 Å². The third-order valence-corrected chi connectivity index (χ3v) is 3.37. The number of aromatic nitrogens is 2. The number of hydrogen-bond donors (Lipinski definition) is 1. The molecule has 1 aromatic carbocycles. The molecule has 0 spiro atoms. The number of rotatable bonds is 3. The second kappa shape index (κ2) is 5.48. The third kappa shape index (κ3) is 2.98. The zero-order valence-corrected chi connectivity index (χ0v) is 12.2. The molecule has 0 aliphatic heterocycles. The summed E-state index contributed by atoms with van der Waals surface area (Å²) in [5, 5.41) is 9.12. The first kappa shape index (κ1) is 13.7. The normalized spacial score (nSPS) is 10.7. The number of aromatic carboxylic acids is 1. The van der Waals surface area contributed by atoms with Gasteiger partial charge >= 0.3 is 5.97 Å². The number of hydrogen-bond acceptors (Lipinski definition) is 3. The maximum Gasteiger partial charge on any atom is 0.336 e. The van der Waals surface area contributed by atoms with Gasteiger partial charge in [-0.15, -0.1) is 0 Å². The Labute approximate surface area is 119 Å². The number of nitrogens with zero attached hydrogens (tertiary/aromatic N) is 2. The second-order valence-electron chi connectivity index (χ2n) is 4.45. The SMILES string of the molecule is CC(C)c1nccc(-c2ccc(Br)c(C(=O)O)c2)n1. The van der Waals surface area contributed by atoms with Crippen molar-refractivity contribution in [3.8, 4) is 11.3 Å². The molecule has 0 saturated heterocycles. The van der Waals surface area contributed by atoms with Crippen LogP contribution in [-0.2, 0) is 0 Å². The van der Waals surface area contributed by atoms with Crippen molar-refractivity contribution in [1.82, 2.24) is 9.97 Å². The van der Waals surface area contributed by atoms with Crippen molar-refractivity contribution in [2.75, 3.05) is 0 Å². The van der Waals surface area contributed by atoms with E-state index in [-0.39, 0.29) is 11.5 Å². The molecule has 0 amide bonds. The lowest BCUT2D eigenvalue weighted by molar-refractivity contribution is 0.0696. The van der Waals surface area contributed by atoms with Crippen molar-refractivity contribution >= 4 is 21.9 Å². The molecule has 4 nitrogen and oxygen atoms in total. The Bertz CT molecular complexity index is 627. The van der Waals surface area contributed by atoms with E-state index in [0.29, 0.717) is 4.47 Å². The lowest BCUT2D eigenvalue weighted by atomic mass is 10.1. The third-order valence-electron chi connectivity index (χ3n) is 2.68. The molecule has 1 N–H and O–H groups in total. The lowest BCUT2D eigenvalue weighted by Crippen LogP contribution is -2.00. The van der Waals surface area contributed by atoms with Crippen LogP contribution in [0.25, 0.3) is 11.3 Å². The van der Waals surface area contributed by atoms with E-state index < -0.39 is 5.97 Å². The number of carboxylic acid groups (broad SMARTS) is 1. The van der Waals surface area contributed by atoms with Crippen molar-refractivity contribution < 1.29 is 9.90 Å². The average molecular weight is 321 g/mol. The minimum absolute atomic E-state index is 0.224. The summed E-state index contributed by atoms with van der Waals surface area (Å²) in [7, 11) is 0. The van der Waals surface area contributed by atoms with Crippen LogP contribution in [0.2, 0.25) is 0 Å². The standard InChI is InChI=1S/C14H13BrN2O2/c1-8(2)13-16-6-5-12(17-13)9-3-4-11(15)10(7-9)14(18)19/h3-8H,1-2H3,(H,18,19). The van der Waals surface area contributed by atoms with Gasteiger partial charge in [-0.25, -0.2) is 14.8 Å². The van der Waals surface area contributed by atoms with E-state index in [1.807, 2.05) is 19.9 Å². The van der Waals surface area contributed by atoms with Crippen LogP contribution in [0.1, 0.15) is 35.9 Å². The van der Waals surface area contributed by atoms with Gasteiger partial charge in [0, 0.05) is 22.2 Å². The molecule has 0 bridgehead atoms. The summed E-state index contributed by atoms with van der Waals surface area (Å²) in [6, 6.07) is 6.94. The largest absolute Gasteiger partial charge is 0.478 e. The zero-order chi connectivity index (χ0) is 14.0. The molecule has 0 aliphatic carbocycles. The predicted molar refractivity (Wildman–Crippen MR) is 76.2 cm³/mol. The highest BCUT2D eigenvalue weighted by Gasteiger charge is 2.11. The van der Waals surface area contributed by atoms with Crippen LogP contribution in [0, 0.1) is 0 Å². The van der Waals surface area contributed by atoms with Gasteiger partial charge in [0.2, 0.25) is 0 Å². The predicted octanol–water partition coefficient (Wildman–Crippen LogP) is 3.73. The van der Waals surface area contributed by atoms with Gasteiger partial charge in [-0.3, -0.25) is 0 Å². The van der Waals surface area contributed by atoms with Crippen LogP contribution in [0.5, 0.6) is 0 Å². The molecular formula is C14H13BrN2O2. The molecular weight excluding hydrogens is 308 g/mol. The summed E-state index contributed by atoms with van der Waals surface area (Å²) in [6.07, 6.45) is 1.69. The van der Waals surface area contributed by atoms with Crippen LogP contribution >= 0.6 is 15.9 Å². The second-order valence-corrected chi connectivity index (χ2v) is 5.31. The van der Waals surface area contributed by atoms with E-state index in [2.05, 4.69) is 25.9 Å². The van der Waals surface area contributed by atoms with Crippen molar-refractivity contribution in [3.63, 3.8) is 0 Å². The van der Waals surface area contributed by atoms with Gasteiger partial charge in [0.05, 0.1) is 11.3 Å². The summed E-state index contributed by atoms with van der Waals surface area (Å²) in [5.74, 6) is 0.0125. The fourth-order valence-corrected chi connectivity index (χ4v) is 2.08. The molecule has 1 heterocycles. The Morgan fingerprint density at radius 1 is 1.32 bits per heavy atom. The van der Waals surface area contributed by atoms with E-state index in [1.54, 1.807) is 24.4 Å². The molecule has 5 heteroatoms. The van der Waals surface area contributed by atoms with Crippen LogP contribution in [0.3, 0.4) is 0 Å². The van der Waals surface area contributed by atoms with Crippen molar-refractivity contribution in [1.29, 1.82) is 0 Å². The van der Waals surface area contributed by atoms with Crippen molar-refractivity contribution in [3.05, 3.63) is 46.3 Å². The van der Waals surface area contributed by atoms with E-state index >= 15 is 0 Å². The Morgan fingerprint density at radius 2 is 2.05 bits per heavy atom. The highest BCUT2D eigenvalue weighted by atomic mass is 79.9. The van der Waals surface area contributed by atoms with Gasteiger partial charge in [-0.2, -0.15) is 0 Å². The van der Waals surface area contributed by atoms with E-state index in [1.165, 1.54) is 0 Å². The number of carboxylic acids is 1. The monoisotopic (exact) mass is 320 g/mol. The molecule has 2 rings (SSSR count). The first-order valence-corrected chi connectivity index (χ1v) is 6.64. The van der Waals surface area contributed by atoms with Crippen molar-refractivity contribution in [2.24, 2.45) is 0 Å². The molecule has 0 saturated carbocycles. The molecule has 0 fully saturated rings. The molecule has 2 aromatic rings. The Morgan fingerprint density at radius 3 is 2.68 bits per heavy atom. The summed E-state index contributed by atoms with van der Waals surface area (Å²) in [4.78, 5) is 19.8. The van der Waals surface area contributed by atoms with Gasteiger partial charge in [-0.1, -0.05) is 19.9 Å². The Kier molecular flexibility index (Phi) is 3.95. The summed E-state index contributed by atoms with van der Waals surface area (Å²) >= 11 is 3.23. The van der Waals surface area contributed by atoms with Gasteiger partial charge in [0.25, 0.3) is 0 Å². The molecule has 0 radical (unpaired) electrons. The summed E-state index contributed by atoms with van der Waals surface area (Å²) in [5.41, 5.74) is 1.72. The smallest absolute Gasteiger partial charge is 0.336 e. The minimum atomic E-state index is -0.966. The molecule has 98 valence electrons. The maximum absolute atomic E-state index is 11.1. The van der Waals surface area contributed by atoms with Crippen LogP contribution < -0.4 is 0 Å². The van der Waals surface area contributed by atoms with Gasteiger partial charge in [-0.05, 0) is 34.1 Å². The van der Waals surface area contributed by atoms with E-state index in [9.17, 15) is 4.79 Å². The molecule has 1 aromatic heterocycles. The van der Waals surface area contributed by atoms with E-state index in [4.69, 9.17) is 5.11 Å². The summed E-state index contributed by atoms with van der Waals surface area (Å²) in [6.45, 7) is 4.03. The quantitative estimate of drug-likeness (QED) is 0.936. The molecule has 19 heavy (non-hydrogen) atoms. The van der Waals surface area contributed by atoms with Crippen LogP contribution in [0.15, 0.2) is 34.9 Å².